The Morgan fingerprint density at radius 1 is 1.64 bits per heavy atom. The fourth-order valence-corrected chi connectivity index (χ4v) is 2.16. The molecule has 78 valence electrons. The molecule has 14 heavy (non-hydrogen) atoms. The predicted molar refractivity (Wildman–Crippen MR) is 58.0 cm³/mol. The van der Waals surface area contributed by atoms with Crippen LogP contribution in [0.5, 0.6) is 5.88 Å². The highest BCUT2D eigenvalue weighted by Crippen LogP contribution is 2.32. The quantitative estimate of drug-likeness (QED) is 0.625. The van der Waals surface area contributed by atoms with Crippen molar-refractivity contribution in [3.63, 3.8) is 0 Å². The SMILES string of the molecule is COc1ncc(CCl)c(C(F)F)c1I. The van der Waals surface area contributed by atoms with Crippen LogP contribution in [0.4, 0.5) is 8.78 Å². The van der Waals surface area contributed by atoms with Gasteiger partial charge >= 0.3 is 0 Å². The normalized spacial score (nSPS) is 10.7. The van der Waals surface area contributed by atoms with Gasteiger partial charge in [0.1, 0.15) is 0 Å². The van der Waals surface area contributed by atoms with Crippen LogP contribution in [0.15, 0.2) is 6.20 Å². The number of methoxy groups -OCH3 is 1. The van der Waals surface area contributed by atoms with Gasteiger partial charge in [-0.05, 0) is 28.2 Å². The number of nitrogens with zero attached hydrogens (tertiary/aromatic N) is 1. The van der Waals surface area contributed by atoms with Crippen molar-refractivity contribution in [3.8, 4) is 5.88 Å². The third kappa shape index (κ3) is 2.25. The molecule has 0 fully saturated rings. The molecule has 0 spiro atoms. The average molecular weight is 334 g/mol. The molecule has 0 aromatic carbocycles. The van der Waals surface area contributed by atoms with Gasteiger partial charge in [-0.2, -0.15) is 0 Å². The second-order valence-corrected chi connectivity index (χ2v) is 3.80. The Balaban J connectivity index is 3.31. The molecule has 1 rings (SSSR count). The van der Waals surface area contributed by atoms with Crippen molar-refractivity contribution in [1.82, 2.24) is 4.98 Å². The van der Waals surface area contributed by atoms with Gasteiger partial charge in [0.25, 0.3) is 6.43 Å². The number of alkyl halides is 3. The van der Waals surface area contributed by atoms with E-state index in [1.54, 1.807) is 22.6 Å². The molecule has 0 aliphatic carbocycles. The Bertz CT molecular complexity index is 335. The highest BCUT2D eigenvalue weighted by atomic mass is 127. The minimum Gasteiger partial charge on any atom is -0.480 e. The van der Waals surface area contributed by atoms with Crippen LogP contribution in [0, 0.1) is 3.57 Å². The van der Waals surface area contributed by atoms with Crippen molar-refractivity contribution in [2.24, 2.45) is 0 Å². The Morgan fingerprint density at radius 2 is 2.29 bits per heavy atom. The van der Waals surface area contributed by atoms with Crippen LogP contribution >= 0.6 is 34.2 Å². The van der Waals surface area contributed by atoms with Gasteiger partial charge in [-0.25, -0.2) is 13.8 Å². The van der Waals surface area contributed by atoms with E-state index >= 15 is 0 Å². The fraction of sp³-hybridized carbons (Fsp3) is 0.375. The van der Waals surface area contributed by atoms with E-state index in [4.69, 9.17) is 16.3 Å². The summed E-state index contributed by atoms with van der Waals surface area (Å²) < 4.78 is 30.4. The maximum absolute atomic E-state index is 12.6. The second kappa shape index (κ2) is 5.06. The summed E-state index contributed by atoms with van der Waals surface area (Å²) in [7, 11) is 1.39. The van der Waals surface area contributed by atoms with Gasteiger partial charge in [0, 0.05) is 17.6 Å². The lowest BCUT2D eigenvalue weighted by Gasteiger charge is -2.10. The van der Waals surface area contributed by atoms with Crippen molar-refractivity contribution < 1.29 is 13.5 Å². The Kier molecular flexibility index (Phi) is 4.31. The third-order valence-electron chi connectivity index (χ3n) is 1.66. The predicted octanol–water partition coefficient (Wildman–Crippen LogP) is 3.37. The summed E-state index contributed by atoms with van der Waals surface area (Å²) in [5.41, 5.74) is 0.249. The molecule has 0 atom stereocenters. The molecule has 0 saturated heterocycles. The van der Waals surface area contributed by atoms with Crippen LogP contribution in [0.25, 0.3) is 0 Å². The van der Waals surface area contributed by atoms with Crippen LogP contribution in [0.2, 0.25) is 0 Å². The summed E-state index contributed by atoms with van der Waals surface area (Å²) in [5.74, 6) is 0.224. The van der Waals surface area contributed by atoms with Gasteiger partial charge < -0.3 is 4.74 Å². The molecule has 0 amide bonds. The number of hydrogen-bond acceptors (Lipinski definition) is 2. The van der Waals surface area contributed by atoms with Crippen molar-refractivity contribution in [2.45, 2.75) is 12.3 Å². The Labute approximate surface area is 98.8 Å². The van der Waals surface area contributed by atoms with Crippen molar-refractivity contribution in [1.29, 1.82) is 0 Å². The Hall–Kier alpha value is -0.170. The zero-order chi connectivity index (χ0) is 10.7. The van der Waals surface area contributed by atoms with E-state index in [1.165, 1.54) is 13.3 Å². The largest absolute Gasteiger partial charge is 0.480 e. The molecular formula is C8H7ClF2INO. The van der Waals surface area contributed by atoms with Gasteiger partial charge in [0.15, 0.2) is 0 Å². The zero-order valence-corrected chi connectivity index (χ0v) is 10.1. The number of aromatic nitrogens is 1. The molecule has 2 nitrogen and oxygen atoms in total. The van der Waals surface area contributed by atoms with Crippen molar-refractivity contribution in [3.05, 3.63) is 20.9 Å². The molecule has 0 unspecified atom stereocenters. The number of ether oxygens (including phenoxy) is 1. The number of rotatable bonds is 3. The monoisotopic (exact) mass is 333 g/mol. The first-order valence-electron chi connectivity index (χ1n) is 3.67. The van der Waals surface area contributed by atoms with Gasteiger partial charge in [-0.15, -0.1) is 11.6 Å². The van der Waals surface area contributed by atoms with E-state index in [9.17, 15) is 8.78 Å². The molecule has 0 saturated carbocycles. The minimum atomic E-state index is -2.56. The summed E-state index contributed by atoms with van der Waals surface area (Å²) in [5, 5.41) is 0. The molecule has 0 aliphatic rings. The summed E-state index contributed by atoms with van der Waals surface area (Å²) in [6, 6.07) is 0. The number of halogens is 4. The molecule has 1 aromatic heterocycles. The summed E-state index contributed by atoms with van der Waals surface area (Å²) in [6.07, 6.45) is -1.25. The number of pyridine rings is 1. The van der Waals surface area contributed by atoms with E-state index in [0.717, 1.165) is 0 Å². The summed E-state index contributed by atoms with van der Waals surface area (Å²) in [4.78, 5) is 3.86. The van der Waals surface area contributed by atoms with Gasteiger partial charge in [0.2, 0.25) is 5.88 Å². The summed E-state index contributed by atoms with van der Waals surface area (Å²) in [6.45, 7) is 0. The fourth-order valence-electron chi connectivity index (χ4n) is 1.00. The lowest BCUT2D eigenvalue weighted by Crippen LogP contribution is -2.01. The molecule has 0 bridgehead atoms. The smallest absolute Gasteiger partial charge is 0.265 e. The second-order valence-electron chi connectivity index (χ2n) is 2.45. The molecule has 6 heteroatoms. The van der Waals surface area contributed by atoms with Crippen LogP contribution in [0.1, 0.15) is 17.6 Å². The van der Waals surface area contributed by atoms with Crippen LogP contribution in [-0.4, -0.2) is 12.1 Å². The topological polar surface area (TPSA) is 22.1 Å². The first kappa shape index (κ1) is 11.9. The maximum atomic E-state index is 12.6. The maximum Gasteiger partial charge on any atom is 0.265 e. The molecule has 1 heterocycles. The molecule has 0 radical (unpaired) electrons. The highest BCUT2D eigenvalue weighted by Gasteiger charge is 2.20. The van der Waals surface area contributed by atoms with Crippen LogP contribution < -0.4 is 4.74 Å². The molecule has 0 N–H and O–H groups in total. The van der Waals surface area contributed by atoms with Crippen molar-refractivity contribution >= 4 is 34.2 Å². The lowest BCUT2D eigenvalue weighted by molar-refractivity contribution is 0.148. The third-order valence-corrected chi connectivity index (χ3v) is 2.99. The van der Waals surface area contributed by atoms with Gasteiger partial charge in [-0.1, -0.05) is 0 Å². The van der Waals surface area contributed by atoms with Gasteiger partial charge in [0.05, 0.1) is 10.7 Å². The molecule has 0 aliphatic heterocycles. The highest BCUT2D eigenvalue weighted by molar-refractivity contribution is 14.1. The van der Waals surface area contributed by atoms with Crippen molar-refractivity contribution in [2.75, 3.05) is 7.11 Å². The standard InChI is InChI=1S/C8H7ClF2INO/c1-14-8-6(12)5(7(10)11)4(2-9)3-13-8/h3,7H,2H2,1H3. The van der Waals surface area contributed by atoms with E-state index in [2.05, 4.69) is 4.98 Å². The average Bonchev–Trinajstić information content (AvgIpc) is 2.16. The van der Waals surface area contributed by atoms with Crippen LogP contribution in [-0.2, 0) is 5.88 Å². The van der Waals surface area contributed by atoms with E-state index in [1.807, 2.05) is 0 Å². The van der Waals surface area contributed by atoms with Crippen LogP contribution in [0.3, 0.4) is 0 Å². The van der Waals surface area contributed by atoms with E-state index < -0.39 is 6.43 Å². The van der Waals surface area contributed by atoms with E-state index in [0.29, 0.717) is 9.13 Å². The minimum absolute atomic E-state index is 0.0205. The lowest BCUT2D eigenvalue weighted by atomic mass is 10.1. The van der Waals surface area contributed by atoms with E-state index in [-0.39, 0.29) is 17.3 Å². The van der Waals surface area contributed by atoms with Gasteiger partial charge in [-0.3, -0.25) is 0 Å². The Morgan fingerprint density at radius 3 is 2.71 bits per heavy atom. The first-order chi connectivity index (χ1) is 6.61. The first-order valence-corrected chi connectivity index (χ1v) is 5.28. The zero-order valence-electron chi connectivity index (χ0n) is 7.23. The molecule has 1 aromatic rings. The number of hydrogen-bond donors (Lipinski definition) is 0. The molecular weight excluding hydrogens is 326 g/mol. The summed E-state index contributed by atoms with van der Waals surface area (Å²) >= 11 is 7.31.